The number of methoxy groups -OCH3 is 1. The first-order chi connectivity index (χ1) is 13.6. The lowest BCUT2D eigenvalue weighted by Gasteiger charge is -2.42. The highest BCUT2D eigenvalue weighted by molar-refractivity contribution is 5.82. The van der Waals surface area contributed by atoms with Gasteiger partial charge in [0.25, 0.3) is 0 Å². The van der Waals surface area contributed by atoms with Crippen molar-refractivity contribution in [2.75, 3.05) is 58.3 Å². The van der Waals surface area contributed by atoms with E-state index in [-0.39, 0.29) is 17.9 Å². The van der Waals surface area contributed by atoms with Gasteiger partial charge in [0, 0.05) is 64.4 Å². The van der Waals surface area contributed by atoms with Gasteiger partial charge >= 0.3 is 0 Å². The van der Waals surface area contributed by atoms with Gasteiger partial charge in [0.05, 0.1) is 23.9 Å². The number of ether oxygens (including phenoxy) is 1. The average Bonchev–Trinajstić information content (AvgIpc) is 3.28. The Hall–Kier alpha value is -2.19. The third-order valence-electron chi connectivity index (χ3n) is 6.49. The first-order valence-corrected chi connectivity index (χ1v) is 10.2. The van der Waals surface area contributed by atoms with E-state index in [0.29, 0.717) is 0 Å². The lowest BCUT2D eigenvalue weighted by Crippen LogP contribution is -2.55. The predicted octanol–water partition coefficient (Wildman–Crippen LogP) is 0.443. The molecule has 5 heterocycles. The molecule has 0 spiro atoms. The topological polar surface area (TPSA) is 66.2 Å². The number of anilines is 1. The van der Waals surface area contributed by atoms with Crippen molar-refractivity contribution in [3.63, 3.8) is 0 Å². The molecule has 1 atom stereocenters. The fourth-order valence-corrected chi connectivity index (χ4v) is 4.69. The van der Waals surface area contributed by atoms with E-state index in [1.807, 2.05) is 21.7 Å². The van der Waals surface area contributed by atoms with Gasteiger partial charge < -0.3 is 19.4 Å². The molecule has 2 saturated heterocycles. The van der Waals surface area contributed by atoms with Gasteiger partial charge in [-0.25, -0.2) is 4.98 Å². The highest BCUT2D eigenvalue weighted by Crippen LogP contribution is 2.33. The highest BCUT2D eigenvalue weighted by atomic mass is 16.5. The number of likely N-dealkylation sites (N-methyl/N-ethyl adjacent to an activating group) is 1. The van der Waals surface area contributed by atoms with Gasteiger partial charge in [-0.05, 0) is 19.9 Å². The summed E-state index contributed by atoms with van der Waals surface area (Å²) in [6.07, 6.45) is 4.88. The van der Waals surface area contributed by atoms with E-state index < -0.39 is 0 Å². The molecule has 150 valence electrons. The molecule has 8 nitrogen and oxygen atoms in total. The van der Waals surface area contributed by atoms with Gasteiger partial charge in [-0.1, -0.05) is 0 Å². The third-order valence-corrected chi connectivity index (χ3v) is 6.49. The van der Waals surface area contributed by atoms with Gasteiger partial charge in [-0.2, -0.15) is 9.61 Å². The van der Waals surface area contributed by atoms with Gasteiger partial charge in [-0.15, -0.1) is 0 Å². The quantitative estimate of drug-likeness (QED) is 0.765. The number of hydrogen-bond acceptors (Lipinski definition) is 6. The first kappa shape index (κ1) is 17.9. The monoisotopic (exact) mass is 384 g/mol. The molecule has 0 bridgehead atoms. The zero-order valence-electron chi connectivity index (χ0n) is 16.7. The van der Waals surface area contributed by atoms with E-state index in [1.165, 1.54) is 11.3 Å². The van der Waals surface area contributed by atoms with Crippen LogP contribution in [0.15, 0.2) is 12.3 Å². The van der Waals surface area contributed by atoms with Gasteiger partial charge in [0.2, 0.25) is 5.91 Å². The van der Waals surface area contributed by atoms with Crippen LogP contribution in [0.1, 0.15) is 17.7 Å². The largest absolute Gasteiger partial charge is 0.380 e. The van der Waals surface area contributed by atoms with Crippen molar-refractivity contribution in [2.45, 2.75) is 25.4 Å². The Balaban J connectivity index is 1.38. The van der Waals surface area contributed by atoms with E-state index in [9.17, 15) is 4.79 Å². The van der Waals surface area contributed by atoms with Crippen LogP contribution in [0.4, 0.5) is 5.82 Å². The van der Waals surface area contributed by atoms with Crippen LogP contribution < -0.4 is 4.90 Å². The lowest BCUT2D eigenvalue weighted by molar-refractivity contribution is -0.135. The molecule has 2 aromatic heterocycles. The molecule has 0 aliphatic carbocycles. The minimum absolute atomic E-state index is 0.0680. The molecular weight excluding hydrogens is 356 g/mol. The zero-order chi connectivity index (χ0) is 19.3. The van der Waals surface area contributed by atoms with Crippen molar-refractivity contribution < 1.29 is 9.53 Å². The second-order valence-electron chi connectivity index (χ2n) is 8.30. The molecule has 0 unspecified atom stereocenters. The molecular formula is C20H28N6O2. The molecule has 8 heteroatoms. The highest BCUT2D eigenvalue weighted by Gasteiger charge is 2.40. The molecule has 3 aliphatic rings. The van der Waals surface area contributed by atoms with Gasteiger partial charge in [-0.3, -0.25) is 4.79 Å². The van der Waals surface area contributed by atoms with Gasteiger partial charge in [0.1, 0.15) is 5.82 Å². The average molecular weight is 384 g/mol. The van der Waals surface area contributed by atoms with Crippen molar-refractivity contribution in [1.82, 2.24) is 24.4 Å². The summed E-state index contributed by atoms with van der Waals surface area (Å²) in [6, 6.07) is 1.97. The van der Waals surface area contributed by atoms with Crippen LogP contribution in [0.2, 0.25) is 0 Å². The Morgan fingerprint density at radius 1 is 1.18 bits per heavy atom. The maximum atomic E-state index is 12.9. The van der Waals surface area contributed by atoms with Crippen molar-refractivity contribution >= 4 is 17.4 Å². The Kier molecular flexibility index (Phi) is 4.47. The fourth-order valence-electron chi connectivity index (χ4n) is 4.69. The van der Waals surface area contributed by atoms with E-state index in [0.717, 1.165) is 70.0 Å². The Morgan fingerprint density at radius 2 is 2.00 bits per heavy atom. The van der Waals surface area contributed by atoms with E-state index in [1.54, 1.807) is 7.11 Å². The molecule has 28 heavy (non-hydrogen) atoms. The van der Waals surface area contributed by atoms with Gasteiger partial charge in [0.15, 0.2) is 5.65 Å². The number of likely N-dealkylation sites (tertiary alicyclic amines) is 1. The number of nitrogens with zero attached hydrogens (tertiary/aromatic N) is 6. The number of carbonyl (C=O) groups is 1. The molecule has 0 radical (unpaired) electrons. The second-order valence-corrected chi connectivity index (χ2v) is 8.30. The smallest absolute Gasteiger partial charge is 0.229 e. The second kappa shape index (κ2) is 7.00. The van der Waals surface area contributed by atoms with E-state index in [4.69, 9.17) is 9.72 Å². The molecule has 0 N–H and O–H groups in total. The number of hydrogen-bond donors (Lipinski definition) is 0. The summed E-state index contributed by atoms with van der Waals surface area (Å²) >= 11 is 0. The van der Waals surface area contributed by atoms with Crippen LogP contribution in [0, 0.1) is 5.92 Å². The lowest BCUT2D eigenvalue weighted by atomic mass is 9.97. The van der Waals surface area contributed by atoms with E-state index in [2.05, 4.69) is 21.9 Å². The Bertz CT molecular complexity index is 890. The Morgan fingerprint density at radius 3 is 2.79 bits per heavy atom. The maximum absolute atomic E-state index is 12.9. The summed E-state index contributed by atoms with van der Waals surface area (Å²) in [5.74, 6) is 1.48. The number of fused-ring (bicyclic) bond motifs is 2. The van der Waals surface area contributed by atoms with E-state index >= 15 is 0 Å². The zero-order valence-corrected chi connectivity index (χ0v) is 16.7. The van der Waals surface area contributed by atoms with Crippen LogP contribution in [0.5, 0.6) is 0 Å². The number of rotatable bonds is 3. The number of carbonyl (C=O) groups excluding carboxylic acids is 1. The van der Waals surface area contributed by atoms with Crippen molar-refractivity contribution in [3.8, 4) is 0 Å². The maximum Gasteiger partial charge on any atom is 0.229 e. The summed E-state index contributed by atoms with van der Waals surface area (Å²) in [6.45, 7) is 5.11. The van der Waals surface area contributed by atoms with Crippen molar-refractivity contribution in [2.24, 2.45) is 5.92 Å². The van der Waals surface area contributed by atoms with Crippen molar-refractivity contribution in [3.05, 3.63) is 23.5 Å². The first-order valence-electron chi connectivity index (χ1n) is 10.2. The molecule has 2 fully saturated rings. The summed E-state index contributed by atoms with van der Waals surface area (Å²) in [5, 5.41) is 4.53. The predicted molar refractivity (Wildman–Crippen MR) is 106 cm³/mol. The van der Waals surface area contributed by atoms with Crippen LogP contribution >= 0.6 is 0 Å². The number of aromatic nitrogens is 3. The van der Waals surface area contributed by atoms with Crippen LogP contribution in [-0.4, -0.2) is 89.8 Å². The number of amides is 1. The normalized spacial score (nSPS) is 23.7. The summed E-state index contributed by atoms with van der Waals surface area (Å²) < 4.78 is 7.37. The fraction of sp³-hybridized carbons (Fsp3) is 0.650. The van der Waals surface area contributed by atoms with Crippen LogP contribution in [-0.2, 0) is 22.4 Å². The summed E-state index contributed by atoms with van der Waals surface area (Å²) in [5.41, 5.74) is 3.38. The molecule has 3 aliphatic heterocycles. The Labute approximate surface area is 165 Å². The molecule has 1 amide bonds. The minimum Gasteiger partial charge on any atom is -0.380 e. The molecule has 0 aromatic carbocycles. The standard InChI is InChI=1S/C20H28N6O2/c1-23-8-5-16-17(6-9-23)22-18-3-7-21-26(18)19(16)25-11-14(12-25)20(27)24-10-4-15(13-24)28-2/h3,7,14-15H,4-6,8-13H2,1-2H3/t15-/m1/s1. The SMILES string of the molecule is CO[C@@H]1CCN(C(=O)C2CN(c3c4c(nc5ccnn35)CCN(C)CC4)C2)C1. The molecule has 5 rings (SSSR count). The van der Waals surface area contributed by atoms with Crippen LogP contribution in [0.3, 0.4) is 0 Å². The molecule has 2 aromatic rings. The third kappa shape index (κ3) is 2.95. The van der Waals surface area contributed by atoms with Crippen LogP contribution in [0.25, 0.3) is 5.65 Å². The summed E-state index contributed by atoms with van der Waals surface area (Å²) in [4.78, 5) is 24.4. The molecule has 0 saturated carbocycles. The minimum atomic E-state index is 0.0680. The summed E-state index contributed by atoms with van der Waals surface area (Å²) in [7, 11) is 3.89. The van der Waals surface area contributed by atoms with Crippen molar-refractivity contribution in [1.29, 1.82) is 0 Å².